The monoisotopic (exact) mass is 317 g/mol. The Morgan fingerprint density at radius 2 is 2.33 bits per heavy atom. The summed E-state index contributed by atoms with van der Waals surface area (Å²) in [7, 11) is 0. The molecule has 0 N–H and O–H groups in total. The van der Waals surface area contributed by atoms with Crippen molar-refractivity contribution < 1.29 is 7.86 Å². The molecule has 0 bridgehead atoms. The van der Waals surface area contributed by atoms with E-state index < -0.39 is 6.09 Å². The van der Waals surface area contributed by atoms with E-state index in [1.807, 2.05) is 0 Å². The topological polar surface area (TPSA) is 73.5 Å². The average molecular weight is 317 g/mol. The van der Waals surface area contributed by atoms with Crippen LogP contribution in [-0.2, 0) is 3.07 Å². The molecule has 7 heteroatoms. The number of hydrogen-bond acceptors (Lipinski definition) is 5. The molecule has 0 aliphatic rings. The second-order valence-electron chi connectivity index (χ2n) is 2.70. The smallest absolute Gasteiger partial charge is 0.377 e. The van der Waals surface area contributed by atoms with Crippen LogP contribution in [0.2, 0.25) is 0 Å². The second kappa shape index (κ2) is 3.93. The van der Waals surface area contributed by atoms with E-state index in [0.717, 1.165) is 4.68 Å². The van der Waals surface area contributed by atoms with Crippen molar-refractivity contribution >= 4 is 45.7 Å². The predicted molar refractivity (Wildman–Crippen MR) is 61.1 cm³/mol. The Morgan fingerprint density at radius 3 is 3.00 bits per heavy atom. The molecule has 6 nitrogen and oxygen atoms in total. The summed E-state index contributed by atoms with van der Waals surface area (Å²) in [6.45, 7) is 0. The molecule has 0 unspecified atom stereocenters. The van der Waals surface area contributed by atoms with Crippen LogP contribution in [-0.4, -0.2) is 15.9 Å². The first-order chi connectivity index (χ1) is 7.27. The predicted octanol–water partition coefficient (Wildman–Crippen LogP) is 2.77. The lowest BCUT2D eigenvalue weighted by molar-refractivity contribution is 0.214. The fourth-order valence-electron chi connectivity index (χ4n) is 1.29. The molecule has 2 rings (SSSR count). The van der Waals surface area contributed by atoms with Crippen LogP contribution in [0.15, 0.2) is 29.6 Å². The Labute approximate surface area is 97.9 Å². The number of aromatic nitrogens is 2. The van der Waals surface area contributed by atoms with Gasteiger partial charge in [0.2, 0.25) is 0 Å². The minimum Gasteiger partial charge on any atom is -0.377 e. The summed E-state index contributed by atoms with van der Waals surface area (Å²) in [6.07, 6.45) is 0.785. The number of rotatable bonds is 1. The molecule has 0 fully saturated rings. The van der Waals surface area contributed by atoms with Gasteiger partial charge >= 0.3 is 6.09 Å². The molecule has 1 heterocycles. The van der Waals surface area contributed by atoms with Crippen LogP contribution in [0, 0.1) is 4.91 Å². The molecular weight excluding hydrogens is 313 g/mol. The van der Waals surface area contributed by atoms with Crippen molar-refractivity contribution in [1.82, 2.24) is 9.78 Å². The molecule has 2 aromatic rings. The maximum atomic E-state index is 11.3. The van der Waals surface area contributed by atoms with Crippen molar-refractivity contribution in [3.05, 3.63) is 29.3 Å². The van der Waals surface area contributed by atoms with E-state index in [-0.39, 0.29) is 5.69 Å². The number of carbonyl (C=O) groups excluding carboxylic acids is 1. The molecule has 0 radical (unpaired) electrons. The van der Waals surface area contributed by atoms with Crippen LogP contribution in [0.25, 0.3) is 10.9 Å². The van der Waals surface area contributed by atoms with E-state index in [9.17, 15) is 9.70 Å². The Morgan fingerprint density at radius 1 is 1.53 bits per heavy atom. The van der Waals surface area contributed by atoms with Gasteiger partial charge in [0.05, 0.1) is 11.7 Å². The Hall–Kier alpha value is -1.51. The molecule has 76 valence electrons. The lowest BCUT2D eigenvalue weighted by atomic mass is 10.2. The SMILES string of the molecule is O=Nc1cccc2c1cnn2C(=O)OI. The van der Waals surface area contributed by atoms with Gasteiger partial charge < -0.3 is 3.07 Å². The Balaban J connectivity index is 2.71. The summed E-state index contributed by atoms with van der Waals surface area (Å²) >= 11 is 1.47. The van der Waals surface area contributed by atoms with E-state index in [1.165, 1.54) is 29.2 Å². The Kier molecular flexibility index (Phi) is 2.62. The van der Waals surface area contributed by atoms with Crippen LogP contribution in [0.3, 0.4) is 0 Å². The van der Waals surface area contributed by atoms with Crippen LogP contribution in [0.4, 0.5) is 10.5 Å². The molecule has 0 aliphatic heterocycles. The third kappa shape index (κ3) is 1.58. The van der Waals surface area contributed by atoms with Crippen molar-refractivity contribution in [3.8, 4) is 0 Å². The van der Waals surface area contributed by atoms with Gasteiger partial charge in [-0.25, -0.2) is 4.79 Å². The lowest BCUT2D eigenvalue weighted by Crippen LogP contribution is -2.09. The minimum atomic E-state index is -0.617. The standard InChI is InChI=1S/C8H4IN3O3/c9-15-8(13)12-7-3-1-2-6(11-14)5(7)4-10-12/h1-4H. The maximum Gasteiger partial charge on any atom is 0.444 e. The molecule has 0 saturated carbocycles. The summed E-state index contributed by atoms with van der Waals surface area (Å²) in [6, 6.07) is 4.83. The second-order valence-corrected chi connectivity index (χ2v) is 3.14. The van der Waals surface area contributed by atoms with Crippen molar-refractivity contribution in [1.29, 1.82) is 0 Å². The van der Waals surface area contributed by atoms with Gasteiger partial charge in [-0.05, 0) is 17.3 Å². The number of nitrogens with zero attached hydrogens (tertiary/aromatic N) is 3. The third-order valence-electron chi connectivity index (χ3n) is 1.93. The van der Waals surface area contributed by atoms with Crippen molar-refractivity contribution in [2.75, 3.05) is 0 Å². The van der Waals surface area contributed by atoms with E-state index >= 15 is 0 Å². The number of nitroso groups, excluding NO2 is 1. The minimum absolute atomic E-state index is 0.250. The first-order valence-electron chi connectivity index (χ1n) is 3.91. The van der Waals surface area contributed by atoms with E-state index in [1.54, 1.807) is 18.2 Å². The zero-order valence-electron chi connectivity index (χ0n) is 7.25. The van der Waals surface area contributed by atoms with Gasteiger partial charge in [-0.15, -0.1) is 4.91 Å². The summed E-state index contributed by atoms with van der Waals surface area (Å²) in [4.78, 5) is 21.7. The highest BCUT2D eigenvalue weighted by Crippen LogP contribution is 2.25. The number of hydrogen-bond donors (Lipinski definition) is 0. The van der Waals surface area contributed by atoms with E-state index in [0.29, 0.717) is 10.9 Å². The third-order valence-corrected chi connectivity index (χ3v) is 2.30. The molecule has 0 amide bonds. The van der Waals surface area contributed by atoms with E-state index in [2.05, 4.69) is 13.3 Å². The highest BCUT2D eigenvalue weighted by molar-refractivity contribution is 14.1. The van der Waals surface area contributed by atoms with Gasteiger partial charge in [0.25, 0.3) is 0 Å². The van der Waals surface area contributed by atoms with Crippen molar-refractivity contribution in [2.45, 2.75) is 0 Å². The molecule has 0 spiro atoms. The molecule has 15 heavy (non-hydrogen) atoms. The van der Waals surface area contributed by atoms with Crippen molar-refractivity contribution in [3.63, 3.8) is 0 Å². The highest BCUT2D eigenvalue weighted by atomic mass is 127. The van der Waals surface area contributed by atoms with Crippen LogP contribution < -0.4 is 0 Å². The fourth-order valence-corrected chi connectivity index (χ4v) is 1.48. The average Bonchev–Trinajstić information content (AvgIpc) is 2.71. The van der Waals surface area contributed by atoms with Gasteiger partial charge in [0.15, 0.2) is 23.0 Å². The maximum absolute atomic E-state index is 11.3. The van der Waals surface area contributed by atoms with Crippen LogP contribution >= 0.6 is 23.0 Å². The number of fused-ring (bicyclic) bond motifs is 1. The van der Waals surface area contributed by atoms with Gasteiger partial charge in [0.1, 0.15) is 5.69 Å². The normalized spacial score (nSPS) is 10.2. The molecule has 0 aliphatic carbocycles. The summed E-state index contributed by atoms with van der Waals surface area (Å²) in [5.74, 6) is 0. The number of carbonyl (C=O) groups is 1. The lowest BCUT2D eigenvalue weighted by Gasteiger charge is -1.97. The largest absolute Gasteiger partial charge is 0.444 e. The zero-order chi connectivity index (χ0) is 10.8. The van der Waals surface area contributed by atoms with Gasteiger partial charge in [-0.2, -0.15) is 9.78 Å². The molecule has 1 aromatic heterocycles. The summed E-state index contributed by atoms with van der Waals surface area (Å²) in [5.41, 5.74) is 0.744. The highest BCUT2D eigenvalue weighted by Gasteiger charge is 2.13. The van der Waals surface area contributed by atoms with E-state index in [4.69, 9.17) is 0 Å². The number of halogens is 1. The summed E-state index contributed by atoms with van der Waals surface area (Å²) in [5, 5.41) is 7.18. The van der Waals surface area contributed by atoms with Gasteiger partial charge in [0, 0.05) is 5.39 Å². The fraction of sp³-hybridized carbons (Fsp3) is 0. The van der Waals surface area contributed by atoms with Crippen LogP contribution in [0.5, 0.6) is 0 Å². The quantitative estimate of drug-likeness (QED) is 0.599. The number of benzene rings is 1. The van der Waals surface area contributed by atoms with Gasteiger partial charge in [-0.3, -0.25) is 0 Å². The molecule has 0 saturated heterocycles. The molecular formula is C8H4IN3O3. The first kappa shape index (κ1) is 10.0. The van der Waals surface area contributed by atoms with Crippen LogP contribution in [0.1, 0.15) is 0 Å². The summed E-state index contributed by atoms with van der Waals surface area (Å²) < 4.78 is 5.56. The molecule has 1 aromatic carbocycles. The Bertz CT molecular complexity index is 537. The van der Waals surface area contributed by atoms with Crippen molar-refractivity contribution in [2.24, 2.45) is 5.18 Å². The molecule has 0 atom stereocenters. The zero-order valence-corrected chi connectivity index (χ0v) is 9.41. The first-order valence-corrected chi connectivity index (χ1v) is 4.79. The van der Waals surface area contributed by atoms with Gasteiger partial charge in [-0.1, -0.05) is 6.07 Å².